The highest BCUT2D eigenvalue weighted by Crippen LogP contribution is 2.27. The number of aliphatic hydroxyl groups is 1. The van der Waals surface area contributed by atoms with Crippen molar-refractivity contribution in [1.82, 2.24) is 18.7 Å². The molecule has 0 radical (unpaired) electrons. The standard InChI is InChI=1S/C16H16Cl2N4O4/c1-20-14-13(15(24)21(2)16(20)25)22(8-19-14)6-10(23)7-26-12-5-9(17)3-4-11(12)18/h3-5,8,10,23H,6-7H2,1-2H3/t10-/m1/s1. The van der Waals surface area contributed by atoms with Crippen molar-refractivity contribution in [3.05, 3.63) is 55.4 Å². The number of hydrogen-bond donors (Lipinski definition) is 1. The summed E-state index contributed by atoms with van der Waals surface area (Å²) in [4.78, 5) is 28.4. The highest BCUT2D eigenvalue weighted by atomic mass is 35.5. The minimum absolute atomic E-state index is 0.0577. The summed E-state index contributed by atoms with van der Waals surface area (Å²) in [6.07, 6.45) is 0.463. The van der Waals surface area contributed by atoms with Gasteiger partial charge in [0.1, 0.15) is 18.5 Å². The number of hydrogen-bond acceptors (Lipinski definition) is 5. The molecule has 0 aliphatic carbocycles. The smallest absolute Gasteiger partial charge is 0.332 e. The molecular weight excluding hydrogens is 383 g/mol. The average molecular weight is 399 g/mol. The zero-order chi connectivity index (χ0) is 19.0. The number of ether oxygens (including phenoxy) is 1. The van der Waals surface area contributed by atoms with Crippen LogP contribution in [0.2, 0.25) is 10.0 Å². The number of fused-ring (bicyclic) bond motifs is 1. The van der Waals surface area contributed by atoms with Gasteiger partial charge in [-0.15, -0.1) is 0 Å². The van der Waals surface area contributed by atoms with Gasteiger partial charge in [0.2, 0.25) is 0 Å². The first-order chi connectivity index (χ1) is 12.3. The first-order valence-electron chi connectivity index (χ1n) is 7.66. The fourth-order valence-electron chi connectivity index (χ4n) is 2.59. The summed E-state index contributed by atoms with van der Waals surface area (Å²) in [5, 5.41) is 11.1. The highest BCUT2D eigenvalue weighted by molar-refractivity contribution is 6.34. The number of halogens is 2. The minimum atomic E-state index is -0.940. The second-order valence-corrected chi connectivity index (χ2v) is 6.66. The molecule has 0 unspecified atom stereocenters. The molecule has 0 saturated carbocycles. The topological polar surface area (TPSA) is 91.3 Å². The molecule has 1 N–H and O–H groups in total. The van der Waals surface area contributed by atoms with Gasteiger partial charge in [-0.05, 0) is 12.1 Å². The lowest BCUT2D eigenvalue weighted by atomic mass is 10.3. The molecule has 1 aromatic carbocycles. The molecule has 138 valence electrons. The van der Waals surface area contributed by atoms with E-state index >= 15 is 0 Å². The molecule has 3 aromatic rings. The fourth-order valence-corrected chi connectivity index (χ4v) is 2.92. The van der Waals surface area contributed by atoms with Crippen molar-refractivity contribution >= 4 is 34.4 Å². The molecule has 0 aliphatic heterocycles. The van der Waals surface area contributed by atoms with E-state index in [0.29, 0.717) is 15.8 Å². The van der Waals surface area contributed by atoms with Crippen LogP contribution < -0.4 is 16.0 Å². The number of rotatable bonds is 5. The van der Waals surface area contributed by atoms with Gasteiger partial charge in [-0.1, -0.05) is 23.2 Å². The van der Waals surface area contributed by atoms with Gasteiger partial charge in [0, 0.05) is 25.2 Å². The highest BCUT2D eigenvalue weighted by Gasteiger charge is 2.17. The summed E-state index contributed by atoms with van der Waals surface area (Å²) in [5.74, 6) is 0.354. The summed E-state index contributed by atoms with van der Waals surface area (Å²) in [6, 6.07) is 4.78. The Balaban J connectivity index is 1.82. The molecule has 0 spiro atoms. The Labute approximate surface area is 157 Å². The summed E-state index contributed by atoms with van der Waals surface area (Å²) in [7, 11) is 2.92. The molecule has 0 fully saturated rings. The Bertz CT molecular complexity index is 1090. The Morgan fingerprint density at radius 3 is 2.69 bits per heavy atom. The van der Waals surface area contributed by atoms with Crippen LogP contribution in [-0.4, -0.2) is 36.5 Å². The quantitative estimate of drug-likeness (QED) is 0.696. The molecule has 8 nitrogen and oxygen atoms in total. The van der Waals surface area contributed by atoms with Gasteiger partial charge in [-0.25, -0.2) is 9.78 Å². The van der Waals surface area contributed by atoms with Crippen LogP contribution in [-0.2, 0) is 20.6 Å². The predicted octanol–water partition coefficient (Wildman–Crippen LogP) is 1.18. The maximum Gasteiger partial charge on any atom is 0.332 e. The van der Waals surface area contributed by atoms with Crippen molar-refractivity contribution in [2.45, 2.75) is 12.6 Å². The summed E-state index contributed by atoms with van der Waals surface area (Å²) in [6.45, 7) is -0.00601. The third-order valence-electron chi connectivity index (χ3n) is 3.95. The van der Waals surface area contributed by atoms with Gasteiger partial charge in [0.15, 0.2) is 11.2 Å². The zero-order valence-corrected chi connectivity index (χ0v) is 15.5. The van der Waals surface area contributed by atoms with E-state index in [4.69, 9.17) is 27.9 Å². The molecule has 2 aromatic heterocycles. The van der Waals surface area contributed by atoms with Gasteiger partial charge >= 0.3 is 5.69 Å². The Morgan fingerprint density at radius 1 is 1.23 bits per heavy atom. The summed E-state index contributed by atoms with van der Waals surface area (Å²) < 4.78 is 9.26. The van der Waals surface area contributed by atoms with Gasteiger partial charge in [-0.2, -0.15) is 0 Å². The second-order valence-electron chi connectivity index (χ2n) is 5.81. The number of aromatic nitrogens is 4. The largest absolute Gasteiger partial charge is 0.489 e. The summed E-state index contributed by atoms with van der Waals surface area (Å²) >= 11 is 11.9. The Morgan fingerprint density at radius 2 is 1.96 bits per heavy atom. The predicted molar refractivity (Wildman–Crippen MR) is 98.2 cm³/mol. The molecule has 0 saturated heterocycles. The molecule has 2 heterocycles. The van der Waals surface area contributed by atoms with E-state index in [2.05, 4.69) is 4.98 Å². The van der Waals surface area contributed by atoms with Crippen LogP contribution in [0.3, 0.4) is 0 Å². The van der Waals surface area contributed by atoms with Gasteiger partial charge in [-0.3, -0.25) is 13.9 Å². The van der Waals surface area contributed by atoms with Gasteiger partial charge in [0.05, 0.1) is 17.9 Å². The van der Waals surface area contributed by atoms with E-state index in [0.717, 1.165) is 4.57 Å². The van der Waals surface area contributed by atoms with Crippen molar-refractivity contribution < 1.29 is 9.84 Å². The van der Waals surface area contributed by atoms with Crippen LogP contribution >= 0.6 is 23.2 Å². The van der Waals surface area contributed by atoms with Crippen LogP contribution in [0.5, 0.6) is 5.75 Å². The number of aryl methyl sites for hydroxylation is 1. The van der Waals surface area contributed by atoms with Crippen molar-refractivity contribution in [1.29, 1.82) is 0 Å². The molecule has 26 heavy (non-hydrogen) atoms. The normalized spacial score (nSPS) is 12.5. The van der Waals surface area contributed by atoms with Crippen LogP contribution in [0.15, 0.2) is 34.1 Å². The number of nitrogens with zero attached hydrogens (tertiary/aromatic N) is 4. The zero-order valence-electron chi connectivity index (χ0n) is 14.0. The van der Waals surface area contributed by atoms with Crippen molar-refractivity contribution in [3.63, 3.8) is 0 Å². The van der Waals surface area contributed by atoms with Crippen LogP contribution in [0, 0.1) is 0 Å². The van der Waals surface area contributed by atoms with E-state index in [1.165, 1.54) is 29.6 Å². The molecule has 10 heteroatoms. The average Bonchev–Trinajstić information content (AvgIpc) is 3.02. The molecule has 0 bridgehead atoms. The molecule has 1 atom stereocenters. The van der Waals surface area contributed by atoms with Gasteiger partial charge < -0.3 is 14.4 Å². The van der Waals surface area contributed by atoms with E-state index in [9.17, 15) is 14.7 Å². The minimum Gasteiger partial charge on any atom is -0.489 e. The van der Waals surface area contributed by atoms with E-state index in [1.54, 1.807) is 18.2 Å². The Hall–Kier alpha value is -2.29. The third kappa shape index (κ3) is 3.35. The van der Waals surface area contributed by atoms with Crippen molar-refractivity contribution in [2.75, 3.05) is 6.61 Å². The Kier molecular flexibility index (Phi) is 5.08. The SMILES string of the molecule is Cn1c(=O)c2c(ncn2C[C@@H](O)COc2cc(Cl)ccc2Cl)n(C)c1=O. The van der Waals surface area contributed by atoms with Crippen molar-refractivity contribution in [3.8, 4) is 5.75 Å². The fraction of sp³-hybridized carbons (Fsp3) is 0.312. The third-order valence-corrected chi connectivity index (χ3v) is 4.50. The number of benzene rings is 1. The monoisotopic (exact) mass is 398 g/mol. The van der Waals surface area contributed by atoms with E-state index in [1.807, 2.05) is 0 Å². The van der Waals surface area contributed by atoms with E-state index in [-0.39, 0.29) is 24.3 Å². The molecule has 3 rings (SSSR count). The lowest BCUT2D eigenvalue weighted by Crippen LogP contribution is -2.38. The molecular formula is C16H16Cl2N4O4. The number of aliphatic hydroxyl groups excluding tert-OH is 1. The first kappa shape index (κ1) is 18.5. The number of imidazole rings is 1. The lowest BCUT2D eigenvalue weighted by molar-refractivity contribution is 0.0934. The van der Waals surface area contributed by atoms with E-state index < -0.39 is 17.4 Å². The van der Waals surface area contributed by atoms with Crippen LogP contribution in [0.25, 0.3) is 11.2 Å². The van der Waals surface area contributed by atoms with Gasteiger partial charge in [0.25, 0.3) is 5.56 Å². The van der Waals surface area contributed by atoms with Crippen molar-refractivity contribution in [2.24, 2.45) is 14.1 Å². The maximum atomic E-state index is 12.4. The molecule has 0 amide bonds. The van der Waals surface area contributed by atoms with Crippen LogP contribution in [0.1, 0.15) is 0 Å². The first-order valence-corrected chi connectivity index (χ1v) is 8.42. The lowest BCUT2D eigenvalue weighted by Gasteiger charge is -2.14. The second kappa shape index (κ2) is 7.14. The molecule has 0 aliphatic rings. The maximum absolute atomic E-state index is 12.4. The summed E-state index contributed by atoms with van der Waals surface area (Å²) in [5.41, 5.74) is -0.461. The van der Waals surface area contributed by atoms with Crippen LogP contribution in [0.4, 0.5) is 0 Å².